The van der Waals surface area contributed by atoms with Crippen molar-refractivity contribution >= 4 is 0 Å². The Hall–Kier alpha value is -0.0800. The molecule has 0 bridgehead atoms. The number of rotatable bonds is 2. The molecule has 2 rings (SSSR count). The van der Waals surface area contributed by atoms with E-state index in [0.717, 1.165) is 23.9 Å². The second-order valence-corrected chi connectivity index (χ2v) is 7.25. The summed E-state index contributed by atoms with van der Waals surface area (Å²) < 4.78 is 0. The lowest BCUT2D eigenvalue weighted by atomic mass is 9.79. The zero-order valence-corrected chi connectivity index (χ0v) is 13.5. The van der Waals surface area contributed by atoms with Crippen LogP contribution < -0.4 is 5.32 Å². The molecule has 1 aliphatic heterocycles. The molecule has 2 heteroatoms. The van der Waals surface area contributed by atoms with Gasteiger partial charge >= 0.3 is 0 Å². The number of nitrogens with one attached hydrogen (secondary N) is 1. The fraction of sp³-hybridized carbons (Fsp3) is 1.00. The fourth-order valence-electron chi connectivity index (χ4n) is 4.21. The minimum absolute atomic E-state index is 0.686. The summed E-state index contributed by atoms with van der Waals surface area (Å²) in [6.45, 7) is 12.2. The lowest BCUT2D eigenvalue weighted by Crippen LogP contribution is -2.49. The Balaban J connectivity index is 1.94. The van der Waals surface area contributed by atoms with Crippen molar-refractivity contribution in [3.63, 3.8) is 0 Å². The van der Waals surface area contributed by atoms with E-state index in [1.165, 1.54) is 51.6 Å². The number of hydrogen-bond acceptors (Lipinski definition) is 2. The highest BCUT2D eigenvalue weighted by Crippen LogP contribution is 2.32. The van der Waals surface area contributed by atoms with E-state index >= 15 is 0 Å². The lowest BCUT2D eigenvalue weighted by Gasteiger charge is -2.43. The quantitative estimate of drug-likeness (QED) is 0.820. The Morgan fingerprint density at radius 1 is 1.00 bits per heavy atom. The Kier molecular flexibility index (Phi) is 5.70. The largest absolute Gasteiger partial charge is 0.311 e. The van der Waals surface area contributed by atoms with Crippen molar-refractivity contribution in [1.82, 2.24) is 10.2 Å². The van der Waals surface area contributed by atoms with Gasteiger partial charge in [0.15, 0.2) is 0 Å². The minimum atomic E-state index is 0.686. The maximum atomic E-state index is 3.78. The first kappa shape index (κ1) is 15.3. The molecule has 0 amide bonds. The third kappa shape index (κ3) is 4.19. The Bertz CT molecular complexity index is 266. The molecular weight excluding hydrogens is 232 g/mol. The highest BCUT2D eigenvalue weighted by atomic mass is 15.2. The average molecular weight is 266 g/mol. The molecule has 0 radical (unpaired) electrons. The first-order chi connectivity index (χ1) is 9.10. The van der Waals surface area contributed by atoms with E-state index in [4.69, 9.17) is 0 Å². The molecular formula is C17H34N2. The van der Waals surface area contributed by atoms with Gasteiger partial charge in [0.25, 0.3) is 0 Å². The van der Waals surface area contributed by atoms with Crippen LogP contribution >= 0.6 is 0 Å². The maximum absolute atomic E-state index is 3.78. The summed E-state index contributed by atoms with van der Waals surface area (Å²) in [6.07, 6.45) is 8.23. The third-order valence-corrected chi connectivity index (χ3v) is 5.48. The van der Waals surface area contributed by atoms with Gasteiger partial charge in [0.2, 0.25) is 0 Å². The topological polar surface area (TPSA) is 15.3 Å². The molecule has 1 saturated heterocycles. The van der Waals surface area contributed by atoms with Gasteiger partial charge in [-0.25, -0.2) is 0 Å². The van der Waals surface area contributed by atoms with Gasteiger partial charge in [0.05, 0.1) is 0 Å². The molecule has 0 spiro atoms. The van der Waals surface area contributed by atoms with Crippen molar-refractivity contribution in [2.75, 3.05) is 13.1 Å². The third-order valence-electron chi connectivity index (χ3n) is 5.48. The van der Waals surface area contributed by atoms with Crippen molar-refractivity contribution in [1.29, 1.82) is 0 Å². The molecule has 0 aromatic carbocycles. The molecule has 5 unspecified atom stereocenters. The summed E-state index contributed by atoms with van der Waals surface area (Å²) in [4.78, 5) is 2.83. The van der Waals surface area contributed by atoms with E-state index in [2.05, 4.69) is 37.9 Å². The normalized spacial score (nSPS) is 42.6. The zero-order chi connectivity index (χ0) is 13.8. The van der Waals surface area contributed by atoms with Crippen LogP contribution in [-0.4, -0.2) is 36.1 Å². The minimum Gasteiger partial charge on any atom is -0.311 e. The molecule has 0 aromatic rings. The average Bonchev–Trinajstić information content (AvgIpc) is 2.35. The molecule has 19 heavy (non-hydrogen) atoms. The van der Waals surface area contributed by atoms with Crippen LogP contribution in [0.5, 0.6) is 0 Å². The molecule has 2 aliphatic rings. The smallest absolute Gasteiger partial charge is 0.0121 e. The summed E-state index contributed by atoms with van der Waals surface area (Å²) in [5.74, 6) is 1.84. The second-order valence-electron chi connectivity index (χ2n) is 7.25. The molecule has 0 aromatic heterocycles. The summed E-state index contributed by atoms with van der Waals surface area (Å²) in [6, 6.07) is 2.28. The highest BCUT2D eigenvalue weighted by Gasteiger charge is 2.31. The van der Waals surface area contributed by atoms with Gasteiger partial charge in [-0.05, 0) is 70.4 Å². The van der Waals surface area contributed by atoms with Crippen LogP contribution in [0.25, 0.3) is 0 Å². The predicted molar refractivity (Wildman–Crippen MR) is 83.5 cm³/mol. The van der Waals surface area contributed by atoms with Gasteiger partial charge in [-0.15, -0.1) is 0 Å². The zero-order valence-electron chi connectivity index (χ0n) is 13.5. The molecule has 1 N–H and O–H groups in total. The number of nitrogens with zero attached hydrogens (tertiary/aromatic N) is 1. The first-order valence-electron chi connectivity index (χ1n) is 8.60. The van der Waals surface area contributed by atoms with Crippen molar-refractivity contribution in [3.8, 4) is 0 Å². The van der Waals surface area contributed by atoms with Crippen molar-refractivity contribution < 1.29 is 0 Å². The van der Waals surface area contributed by atoms with Crippen molar-refractivity contribution in [3.05, 3.63) is 0 Å². The first-order valence-corrected chi connectivity index (χ1v) is 8.60. The van der Waals surface area contributed by atoms with E-state index in [0.29, 0.717) is 6.04 Å². The lowest BCUT2D eigenvalue weighted by molar-refractivity contribution is 0.0778. The summed E-state index contributed by atoms with van der Waals surface area (Å²) in [5, 5.41) is 3.78. The van der Waals surface area contributed by atoms with Crippen LogP contribution in [0.15, 0.2) is 0 Å². The van der Waals surface area contributed by atoms with E-state index < -0.39 is 0 Å². The SMILES string of the molecule is CCC1CCN(C2CCC(C)CC2C)CCC(C)N1. The monoisotopic (exact) mass is 266 g/mol. The summed E-state index contributed by atoms with van der Waals surface area (Å²) in [5.41, 5.74) is 0. The molecule has 5 atom stereocenters. The second kappa shape index (κ2) is 7.08. The molecule has 1 heterocycles. The van der Waals surface area contributed by atoms with Gasteiger partial charge in [-0.1, -0.05) is 20.8 Å². The molecule has 2 nitrogen and oxygen atoms in total. The summed E-state index contributed by atoms with van der Waals surface area (Å²) in [7, 11) is 0. The molecule has 1 saturated carbocycles. The predicted octanol–water partition coefficient (Wildman–Crippen LogP) is 3.66. The van der Waals surface area contributed by atoms with Gasteiger partial charge in [-0.2, -0.15) is 0 Å². The van der Waals surface area contributed by atoms with Crippen LogP contribution in [0.3, 0.4) is 0 Å². The fourth-order valence-corrected chi connectivity index (χ4v) is 4.21. The molecule has 2 fully saturated rings. The molecule has 112 valence electrons. The van der Waals surface area contributed by atoms with Crippen LogP contribution in [-0.2, 0) is 0 Å². The van der Waals surface area contributed by atoms with Crippen LogP contribution in [0.4, 0.5) is 0 Å². The van der Waals surface area contributed by atoms with Gasteiger partial charge < -0.3 is 10.2 Å². The van der Waals surface area contributed by atoms with E-state index in [-0.39, 0.29) is 0 Å². The number of hydrogen-bond donors (Lipinski definition) is 1. The van der Waals surface area contributed by atoms with Gasteiger partial charge in [0.1, 0.15) is 0 Å². The van der Waals surface area contributed by atoms with Crippen LogP contribution in [0.1, 0.15) is 66.2 Å². The van der Waals surface area contributed by atoms with Gasteiger partial charge in [-0.3, -0.25) is 0 Å². The summed E-state index contributed by atoms with van der Waals surface area (Å²) >= 11 is 0. The van der Waals surface area contributed by atoms with E-state index in [9.17, 15) is 0 Å². The molecule has 1 aliphatic carbocycles. The van der Waals surface area contributed by atoms with Crippen LogP contribution in [0.2, 0.25) is 0 Å². The van der Waals surface area contributed by atoms with Crippen molar-refractivity contribution in [2.24, 2.45) is 11.8 Å². The van der Waals surface area contributed by atoms with Crippen LogP contribution in [0, 0.1) is 11.8 Å². The Labute approximate surface area is 120 Å². The maximum Gasteiger partial charge on any atom is 0.0121 e. The highest BCUT2D eigenvalue weighted by molar-refractivity contribution is 4.86. The standard InChI is InChI=1S/C17H34N2/c1-5-16-9-11-19(10-8-15(4)18-16)17-7-6-13(2)12-14(17)3/h13-18H,5-12H2,1-4H3. The Morgan fingerprint density at radius 2 is 1.74 bits per heavy atom. The van der Waals surface area contributed by atoms with E-state index in [1.807, 2.05) is 0 Å². The van der Waals surface area contributed by atoms with Gasteiger partial charge in [0, 0.05) is 18.1 Å². The van der Waals surface area contributed by atoms with Crippen molar-refractivity contribution in [2.45, 2.75) is 84.3 Å². The Morgan fingerprint density at radius 3 is 2.42 bits per heavy atom. The van der Waals surface area contributed by atoms with E-state index in [1.54, 1.807) is 0 Å².